The first-order valence-corrected chi connectivity index (χ1v) is 7.30. The molecule has 0 aliphatic heterocycles. The molecule has 6 heteroatoms. The normalized spacial score (nSPS) is 10.2. The summed E-state index contributed by atoms with van der Waals surface area (Å²) in [5.74, 6) is 0.566. The minimum atomic E-state index is -0.453. The highest BCUT2D eigenvalue weighted by Gasteiger charge is 2.03. The number of esters is 1. The van der Waals surface area contributed by atoms with E-state index in [2.05, 4.69) is 0 Å². The van der Waals surface area contributed by atoms with Gasteiger partial charge in [0.2, 0.25) is 0 Å². The van der Waals surface area contributed by atoms with E-state index in [9.17, 15) is 4.79 Å². The topological polar surface area (TPSA) is 35.5 Å². The summed E-state index contributed by atoms with van der Waals surface area (Å²) in [5, 5.41) is 1.00. The van der Waals surface area contributed by atoms with Crippen molar-refractivity contribution in [2.24, 2.45) is 0 Å². The molecule has 0 aliphatic carbocycles. The molecule has 0 saturated carbocycles. The zero-order valence-corrected chi connectivity index (χ0v) is 13.1. The highest BCUT2D eigenvalue weighted by Crippen LogP contribution is 2.28. The fourth-order valence-corrected chi connectivity index (χ4v) is 2.16. The summed E-state index contributed by atoms with van der Waals surface area (Å²) in [7, 11) is 0. The van der Waals surface area contributed by atoms with Gasteiger partial charge in [-0.15, -0.1) is 11.6 Å². The largest absolute Gasteiger partial charge is 0.460 e. The van der Waals surface area contributed by atoms with E-state index in [1.807, 2.05) is 0 Å². The molecule has 0 saturated heterocycles. The summed E-state index contributed by atoms with van der Waals surface area (Å²) in [5.41, 5.74) is 0.838. The zero-order valence-electron chi connectivity index (χ0n) is 10.8. The van der Waals surface area contributed by atoms with Gasteiger partial charge in [0.25, 0.3) is 0 Å². The fourth-order valence-electron chi connectivity index (χ4n) is 1.58. The van der Waals surface area contributed by atoms with Crippen molar-refractivity contribution >= 4 is 40.8 Å². The lowest BCUT2D eigenvalue weighted by molar-refractivity contribution is -0.141. The van der Waals surface area contributed by atoms with Gasteiger partial charge in [0.15, 0.2) is 0 Å². The van der Waals surface area contributed by atoms with Crippen LogP contribution in [0.25, 0.3) is 0 Å². The summed E-state index contributed by atoms with van der Waals surface area (Å²) in [6.45, 7) is 0.175. The Bertz CT molecular complexity index is 606. The average molecular weight is 346 g/mol. The number of ether oxygens (including phenoxy) is 2. The smallest absolute Gasteiger partial charge is 0.321 e. The number of halogens is 3. The number of hydrogen-bond acceptors (Lipinski definition) is 3. The summed E-state index contributed by atoms with van der Waals surface area (Å²) < 4.78 is 10.6. The second-order valence-corrected chi connectivity index (χ2v) is 5.29. The van der Waals surface area contributed by atoms with Crippen molar-refractivity contribution < 1.29 is 14.3 Å². The van der Waals surface area contributed by atoms with Crippen LogP contribution >= 0.6 is 34.8 Å². The van der Waals surface area contributed by atoms with E-state index >= 15 is 0 Å². The molecule has 0 amide bonds. The Balaban J connectivity index is 2.00. The Morgan fingerprint density at radius 3 is 2.14 bits per heavy atom. The van der Waals surface area contributed by atoms with E-state index in [1.54, 1.807) is 42.5 Å². The minimum Gasteiger partial charge on any atom is -0.460 e. The zero-order chi connectivity index (χ0) is 15.2. The molecule has 0 radical (unpaired) electrons. The highest BCUT2D eigenvalue weighted by molar-refractivity contribution is 6.34. The van der Waals surface area contributed by atoms with Crippen molar-refractivity contribution in [1.29, 1.82) is 0 Å². The van der Waals surface area contributed by atoms with Crippen LogP contribution in [0.5, 0.6) is 11.5 Å². The maximum Gasteiger partial charge on any atom is 0.321 e. The second kappa shape index (κ2) is 7.55. The van der Waals surface area contributed by atoms with Crippen LogP contribution in [-0.2, 0) is 16.1 Å². The van der Waals surface area contributed by atoms with Gasteiger partial charge in [-0.25, -0.2) is 0 Å². The Morgan fingerprint density at radius 2 is 1.57 bits per heavy atom. The van der Waals surface area contributed by atoms with Crippen LogP contribution in [0.2, 0.25) is 10.0 Å². The summed E-state index contributed by atoms with van der Waals surface area (Å²) in [4.78, 5) is 11.0. The molecule has 3 nitrogen and oxygen atoms in total. The van der Waals surface area contributed by atoms with Gasteiger partial charge in [-0.1, -0.05) is 35.3 Å². The van der Waals surface area contributed by atoms with Crippen molar-refractivity contribution in [3.05, 3.63) is 58.1 Å². The van der Waals surface area contributed by atoms with Crippen LogP contribution in [0.4, 0.5) is 0 Å². The molecule has 2 aromatic rings. The quantitative estimate of drug-likeness (QED) is 0.561. The van der Waals surface area contributed by atoms with Crippen LogP contribution in [0, 0.1) is 0 Å². The predicted octanol–water partition coefficient (Wildman–Crippen LogP) is 5.07. The second-order valence-electron chi connectivity index (χ2n) is 4.15. The molecule has 0 unspecified atom stereocenters. The predicted molar refractivity (Wildman–Crippen MR) is 83.5 cm³/mol. The maximum atomic E-state index is 11.0. The first-order valence-electron chi connectivity index (χ1n) is 6.01. The molecule has 2 rings (SSSR count). The average Bonchev–Trinajstić information content (AvgIpc) is 2.45. The summed E-state index contributed by atoms with van der Waals surface area (Å²) in [6.07, 6.45) is 0. The number of benzene rings is 2. The third-order valence-electron chi connectivity index (χ3n) is 2.50. The lowest BCUT2D eigenvalue weighted by atomic mass is 10.2. The molecule has 0 fully saturated rings. The van der Waals surface area contributed by atoms with E-state index < -0.39 is 5.97 Å². The maximum absolute atomic E-state index is 11.0. The van der Waals surface area contributed by atoms with E-state index in [4.69, 9.17) is 44.3 Å². The molecule has 110 valence electrons. The third-order valence-corrected chi connectivity index (χ3v) is 3.16. The Morgan fingerprint density at radius 1 is 0.952 bits per heavy atom. The minimum absolute atomic E-state index is 0.156. The summed E-state index contributed by atoms with van der Waals surface area (Å²) in [6, 6.07) is 12.1. The van der Waals surface area contributed by atoms with Crippen molar-refractivity contribution in [1.82, 2.24) is 0 Å². The van der Waals surface area contributed by atoms with Gasteiger partial charge in [-0.3, -0.25) is 4.79 Å². The van der Waals surface area contributed by atoms with Gasteiger partial charge in [0, 0.05) is 10.0 Å². The van der Waals surface area contributed by atoms with E-state index in [1.165, 1.54) is 0 Å². The van der Waals surface area contributed by atoms with Gasteiger partial charge in [-0.05, 0) is 35.9 Å². The Labute approximate surface area is 137 Å². The molecule has 0 N–H and O–H groups in total. The number of hydrogen-bond donors (Lipinski definition) is 0. The van der Waals surface area contributed by atoms with Gasteiger partial charge in [0.1, 0.15) is 24.0 Å². The van der Waals surface area contributed by atoms with Crippen molar-refractivity contribution in [2.75, 3.05) is 5.88 Å². The van der Waals surface area contributed by atoms with Crippen molar-refractivity contribution in [2.45, 2.75) is 6.61 Å². The van der Waals surface area contributed by atoms with Gasteiger partial charge >= 0.3 is 5.97 Å². The van der Waals surface area contributed by atoms with Gasteiger partial charge < -0.3 is 9.47 Å². The lowest BCUT2D eigenvalue weighted by Gasteiger charge is -2.08. The Hall–Kier alpha value is -1.42. The number of carbonyl (C=O) groups excluding carboxylic acids is 1. The molecular formula is C15H11Cl3O3. The number of alkyl halides is 1. The molecule has 0 aliphatic rings. The van der Waals surface area contributed by atoms with E-state index in [-0.39, 0.29) is 12.5 Å². The molecule has 0 atom stereocenters. The lowest BCUT2D eigenvalue weighted by Crippen LogP contribution is -2.05. The van der Waals surface area contributed by atoms with Crippen LogP contribution in [-0.4, -0.2) is 11.8 Å². The van der Waals surface area contributed by atoms with E-state index in [0.29, 0.717) is 21.5 Å². The van der Waals surface area contributed by atoms with Crippen LogP contribution in [0.15, 0.2) is 42.5 Å². The van der Waals surface area contributed by atoms with Crippen molar-refractivity contribution in [3.8, 4) is 11.5 Å². The molecule has 21 heavy (non-hydrogen) atoms. The third kappa shape index (κ3) is 5.12. The highest BCUT2D eigenvalue weighted by atomic mass is 35.5. The molecule has 0 aromatic heterocycles. The standard InChI is InChI=1S/C15H11Cl3O3/c16-8-15(19)20-9-10-1-3-13(4-2-10)21-14-6-11(17)5-12(18)7-14/h1-7H,8-9H2. The van der Waals surface area contributed by atoms with Crippen LogP contribution in [0.1, 0.15) is 5.56 Å². The van der Waals surface area contributed by atoms with E-state index in [0.717, 1.165) is 5.56 Å². The van der Waals surface area contributed by atoms with Gasteiger partial charge in [-0.2, -0.15) is 0 Å². The first kappa shape index (κ1) is 16.0. The fraction of sp³-hybridized carbons (Fsp3) is 0.133. The molecule has 0 bridgehead atoms. The SMILES string of the molecule is O=C(CCl)OCc1ccc(Oc2cc(Cl)cc(Cl)c2)cc1. The number of rotatable bonds is 5. The number of carbonyl (C=O) groups is 1. The van der Waals surface area contributed by atoms with Gasteiger partial charge in [0.05, 0.1) is 0 Å². The Kier molecular flexibility index (Phi) is 5.74. The van der Waals surface area contributed by atoms with Crippen molar-refractivity contribution in [3.63, 3.8) is 0 Å². The molecule has 0 heterocycles. The first-order chi connectivity index (χ1) is 10.1. The molecule has 2 aromatic carbocycles. The summed E-state index contributed by atoms with van der Waals surface area (Å²) >= 11 is 17.1. The molecular weight excluding hydrogens is 335 g/mol. The van der Waals surface area contributed by atoms with Crippen LogP contribution in [0.3, 0.4) is 0 Å². The molecule has 0 spiro atoms. The monoisotopic (exact) mass is 344 g/mol. The van der Waals surface area contributed by atoms with Crippen LogP contribution < -0.4 is 4.74 Å².